The first-order valence-corrected chi connectivity index (χ1v) is 15.3. The molecule has 0 spiro atoms. The van der Waals surface area contributed by atoms with Gasteiger partial charge in [-0.3, -0.25) is 4.79 Å². The zero-order chi connectivity index (χ0) is 29.2. The molecule has 42 heavy (non-hydrogen) atoms. The Morgan fingerprint density at radius 2 is 0.952 bits per heavy atom. The van der Waals surface area contributed by atoms with Crippen LogP contribution in [0.1, 0.15) is 63.7 Å². The maximum absolute atomic E-state index is 14.4. The van der Waals surface area contributed by atoms with E-state index in [1.807, 2.05) is 12.1 Å². The first-order valence-electron chi connectivity index (χ1n) is 15.3. The summed E-state index contributed by atoms with van der Waals surface area (Å²) in [6.45, 7) is 8.69. The van der Waals surface area contributed by atoms with E-state index in [1.165, 1.54) is 11.1 Å². The third kappa shape index (κ3) is 5.36. The predicted octanol–water partition coefficient (Wildman–Crippen LogP) is 8.24. The van der Waals surface area contributed by atoms with E-state index >= 15 is 0 Å². The van der Waals surface area contributed by atoms with Gasteiger partial charge < -0.3 is 20.4 Å². The number of hydrogen-bond acceptors (Lipinski definition) is 5. The van der Waals surface area contributed by atoms with Gasteiger partial charge in [0.05, 0.1) is 24.2 Å². The minimum Gasteiger partial charge on any atom is -0.378 e. The van der Waals surface area contributed by atoms with Crippen molar-refractivity contribution in [3.8, 4) is 0 Å². The molecule has 0 amide bonds. The fourth-order valence-electron chi connectivity index (χ4n) is 7.22. The third-order valence-electron chi connectivity index (χ3n) is 9.17. The molecule has 2 aliphatic rings. The van der Waals surface area contributed by atoms with Crippen LogP contribution in [0.15, 0.2) is 109 Å². The average molecular weight is 559 g/mol. The van der Waals surface area contributed by atoms with Crippen molar-refractivity contribution < 1.29 is 4.79 Å². The number of para-hydroxylation sites is 4. The van der Waals surface area contributed by atoms with Gasteiger partial charge in [-0.1, -0.05) is 72.8 Å². The second-order valence-electron chi connectivity index (χ2n) is 12.0. The molecule has 2 unspecified atom stereocenters. The van der Waals surface area contributed by atoms with Crippen LogP contribution in [0, 0.1) is 0 Å². The lowest BCUT2D eigenvalue weighted by Crippen LogP contribution is -2.56. The monoisotopic (exact) mass is 558 g/mol. The van der Waals surface area contributed by atoms with Crippen LogP contribution in [0.25, 0.3) is 0 Å². The number of Topliss-reactive ketones (excluding diaryl/α,β-unsaturated/α-hetero) is 1. The number of carbonyl (C=O) groups excluding carboxylic acids is 1. The summed E-state index contributed by atoms with van der Waals surface area (Å²) in [6, 6.07) is 38.3. The van der Waals surface area contributed by atoms with Crippen LogP contribution in [-0.2, 0) is 4.79 Å². The SMILES string of the molecule is CC(C(=O)C(C)N1c2ccccc2[C@H](Nc2ccccc2)C[C@@H]1C)N1c2ccccc2[C@H](Nc2ccccc2)C[C@@H]1C. The first kappa shape index (κ1) is 27.9. The van der Waals surface area contributed by atoms with Gasteiger partial charge in [-0.15, -0.1) is 0 Å². The maximum atomic E-state index is 14.4. The zero-order valence-corrected chi connectivity index (χ0v) is 25.1. The molecule has 5 nitrogen and oxygen atoms in total. The fraction of sp³-hybridized carbons (Fsp3) is 0.324. The molecular weight excluding hydrogens is 516 g/mol. The summed E-state index contributed by atoms with van der Waals surface area (Å²) in [4.78, 5) is 19.1. The Bertz CT molecular complexity index is 1390. The molecule has 216 valence electrons. The van der Waals surface area contributed by atoms with E-state index in [2.05, 4.69) is 145 Å². The van der Waals surface area contributed by atoms with E-state index in [-0.39, 0.29) is 42.0 Å². The number of nitrogens with one attached hydrogen (secondary N) is 2. The molecule has 2 heterocycles. The van der Waals surface area contributed by atoms with Crippen LogP contribution < -0.4 is 20.4 Å². The number of benzene rings is 4. The molecule has 0 fully saturated rings. The number of carbonyl (C=O) groups is 1. The molecule has 6 rings (SSSR count). The number of hydrogen-bond donors (Lipinski definition) is 2. The number of nitrogens with zero attached hydrogens (tertiary/aromatic N) is 2. The lowest BCUT2D eigenvalue weighted by molar-refractivity contribution is -0.121. The Balaban J connectivity index is 1.25. The predicted molar refractivity (Wildman–Crippen MR) is 176 cm³/mol. The van der Waals surface area contributed by atoms with E-state index in [9.17, 15) is 4.79 Å². The highest BCUT2D eigenvalue weighted by Gasteiger charge is 2.40. The molecule has 4 aromatic rings. The van der Waals surface area contributed by atoms with Gasteiger partial charge >= 0.3 is 0 Å². The Labute approximate surface area is 250 Å². The normalized spacial score (nSPS) is 22.9. The average Bonchev–Trinajstić information content (AvgIpc) is 3.01. The summed E-state index contributed by atoms with van der Waals surface area (Å²) in [6.07, 6.45) is 1.85. The minimum atomic E-state index is -0.256. The van der Waals surface area contributed by atoms with Gasteiger partial charge in [0, 0.05) is 34.8 Å². The van der Waals surface area contributed by atoms with Crippen LogP contribution in [-0.4, -0.2) is 30.0 Å². The summed E-state index contributed by atoms with van der Waals surface area (Å²) >= 11 is 0. The van der Waals surface area contributed by atoms with Crippen molar-refractivity contribution in [2.75, 3.05) is 20.4 Å². The molecule has 0 aromatic heterocycles. The molecular formula is C37H42N4O. The smallest absolute Gasteiger partial charge is 0.176 e. The Morgan fingerprint density at radius 1 is 0.595 bits per heavy atom. The molecule has 2 aliphatic heterocycles. The van der Waals surface area contributed by atoms with E-state index < -0.39 is 0 Å². The van der Waals surface area contributed by atoms with Crippen molar-refractivity contribution in [2.45, 2.75) is 76.8 Å². The van der Waals surface area contributed by atoms with Crippen LogP contribution in [0.3, 0.4) is 0 Å². The van der Waals surface area contributed by atoms with Crippen LogP contribution in [0.2, 0.25) is 0 Å². The van der Waals surface area contributed by atoms with Gasteiger partial charge in [0.25, 0.3) is 0 Å². The maximum Gasteiger partial charge on any atom is 0.176 e. The van der Waals surface area contributed by atoms with Crippen molar-refractivity contribution in [1.29, 1.82) is 0 Å². The zero-order valence-electron chi connectivity index (χ0n) is 25.1. The van der Waals surface area contributed by atoms with Crippen LogP contribution in [0.5, 0.6) is 0 Å². The molecule has 4 aromatic carbocycles. The number of ketones is 1. The highest BCUT2D eigenvalue weighted by molar-refractivity contribution is 5.94. The lowest BCUT2D eigenvalue weighted by Gasteiger charge is -2.47. The topological polar surface area (TPSA) is 47.6 Å². The van der Waals surface area contributed by atoms with Crippen molar-refractivity contribution in [2.24, 2.45) is 0 Å². The first-order chi connectivity index (χ1) is 20.4. The van der Waals surface area contributed by atoms with Crippen molar-refractivity contribution in [1.82, 2.24) is 0 Å². The van der Waals surface area contributed by atoms with E-state index in [1.54, 1.807) is 0 Å². The van der Waals surface area contributed by atoms with Crippen molar-refractivity contribution >= 4 is 28.5 Å². The Morgan fingerprint density at radius 3 is 1.36 bits per heavy atom. The molecule has 0 saturated carbocycles. The second-order valence-corrected chi connectivity index (χ2v) is 12.0. The van der Waals surface area contributed by atoms with Crippen molar-refractivity contribution in [3.05, 3.63) is 120 Å². The number of anilines is 4. The van der Waals surface area contributed by atoms with E-state index in [0.717, 1.165) is 35.6 Å². The van der Waals surface area contributed by atoms with Gasteiger partial charge in [-0.2, -0.15) is 0 Å². The van der Waals surface area contributed by atoms with Gasteiger partial charge in [0.2, 0.25) is 0 Å². The van der Waals surface area contributed by atoms with Gasteiger partial charge in [0.1, 0.15) is 0 Å². The highest BCUT2D eigenvalue weighted by atomic mass is 16.1. The summed E-state index contributed by atoms with van der Waals surface area (Å²) in [5, 5.41) is 7.49. The molecule has 0 radical (unpaired) electrons. The summed E-state index contributed by atoms with van der Waals surface area (Å²) in [5.74, 6) is 0.252. The number of fused-ring (bicyclic) bond motifs is 2. The molecule has 0 saturated heterocycles. The largest absolute Gasteiger partial charge is 0.378 e. The fourth-order valence-corrected chi connectivity index (χ4v) is 7.22. The Kier molecular flexibility index (Phi) is 7.92. The van der Waals surface area contributed by atoms with E-state index in [4.69, 9.17) is 0 Å². The molecule has 0 bridgehead atoms. The highest BCUT2D eigenvalue weighted by Crippen LogP contribution is 2.42. The number of rotatable bonds is 8. The van der Waals surface area contributed by atoms with Gasteiger partial charge in [-0.05, 0) is 88.1 Å². The van der Waals surface area contributed by atoms with Gasteiger partial charge in [0.15, 0.2) is 5.78 Å². The molecule has 0 aliphatic carbocycles. The van der Waals surface area contributed by atoms with Crippen LogP contribution >= 0.6 is 0 Å². The van der Waals surface area contributed by atoms with Crippen molar-refractivity contribution in [3.63, 3.8) is 0 Å². The summed E-state index contributed by atoms with van der Waals surface area (Å²) in [7, 11) is 0. The van der Waals surface area contributed by atoms with Crippen LogP contribution in [0.4, 0.5) is 22.7 Å². The van der Waals surface area contributed by atoms with Gasteiger partial charge in [-0.25, -0.2) is 0 Å². The quantitative estimate of drug-likeness (QED) is 0.228. The standard InChI is InChI=1S/C37H42N4O/c1-25-23-33(38-29-15-7-5-8-16-29)31-19-11-13-21-35(31)40(25)27(3)37(42)28(4)41-26(2)24-34(32-20-12-14-22-36(32)41)39-30-17-9-6-10-18-30/h5-22,25-28,33-34,38-39H,23-24H2,1-4H3/t25-,26-,27?,28?,33+,34+/m0/s1. The second kappa shape index (κ2) is 11.9. The summed E-state index contributed by atoms with van der Waals surface area (Å²) < 4.78 is 0. The van der Waals surface area contributed by atoms with E-state index in [0.29, 0.717) is 0 Å². The molecule has 5 heteroatoms. The summed E-state index contributed by atoms with van der Waals surface area (Å²) in [5.41, 5.74) is 7.03. The lowest BCUT2D eigenvalue weighted by atomic mass is 9.87. The Hall–Kier alpha value is -4.25. The third-order valence-corrected chi connectivity index (χ3v) is 9.17. The molecule has 2 N–H and O–H groups in total. The molecule has 6 atom stereocenters. The minimum absolute atomic E-state index is 0.192.